The molecule has 2 aromatic rings. The minimum Gasteiger partial charge on any atom is -0.454 e. The fraction of sp³-hybridized carbons (Fsp3) is 0.423. The van der Waals surface area contributed by atoms with Gasteiger partial charge in [-0.1, -0.05) is 18.9 Å². The summed E-state index contributed by atoms with van der Waals surface area (Å²) in [6, 6.07) is 7.49. The van der Waals surface area contributed by atoms with E-state index in [2.05, 4.69) is 10.6 Å². The van der Waals surface area contributed by atoms with Gasteiger partial charge in [0, 0.05) is 34.3 Å². The SMILES string of the molecule is CC(C(=O)NC1CCCC1)N(C(=O)CS(=O)CC(=O)Nc1ccc2c(c1)OCO2)c1cccc(C(F)(F)F)c1. The number of benzene rings is 2. The van der Waals surface area contributed by atoms with Crippen molar-refractivity contribution in [3.05, 3.63) is 48.0 Å². The second-order valence-electron chi connectivity index (χ2n) is 9.32. The Morgan fingerprint density at radius 2 is 1.77 bits per heavy atom. The number of fused-ring (bicyclic) bond motifs is 1. The number of amides is 3. The largest absolute Gasteiger partial charge is 0.454 e. The number of nitrogens with one attached hydrogen (secondary N) is 2. The molecule has 9 nitrogen and oxygen atoms in total. The molecule has 1 fully saturated rings. The fourth-order valence-corrected chi connectivity index (χ4v) is 5.38. The van der Waals surface area contributed by atoms with Crippen LogP contribution in [0.5, 0.6) is 11.5 Å². The van der Waals surface area contributed by atoms with E-state index in [0.717, 1.165) is 48.8 Å². The van der Waals surface area contributed by atoms with Crippen LogP contribution in [0, 0.1) is 0 Å². The lowest BCUT2D eigenvalue weighted by atomic mass is 10.1. The second kappa shape index (κ2) is 12.1. The number of hydrogen-bond donors (Lipinski definition) is 2. The van der Waals surface area contributed by atoms with Gasteiger partial charge in [0.2, 0.25) is 24.5 Å². The van der Waals surface area contributed by atoms with Crippen LogP contribution >= 0.6 is 0 Å². The lowest BCUT2D eigenvalue weighted by Gasteiger charge is -2.30. The van der Waals surface area contributed by atoms with Gasteiger partial charge in [-0.05, 0) is 50.1 Å². The third kappa shape index (κ3) is 7.28. The molecule has 3 amide bonds. The van der Waals surface area contributed by atoms with Crippen LogP contribution in [0.2, 0.25) is 0 Å². The first-order chi connectivity index (χ1) is 18.5. The van der Waals surface area contributed by atoms with Gasteiger partial charge in [-0.2, -0.15) is 13.2 Å². The average Bonchev–Trinajstić information content (AvgIpc) is 3.55. The molecule has 2 N–H and O–H groups in total. The number of anilines is 2. The van der Waals surface area contributed by atoms with Gasteiger partial charge in [0.1, 0.15) is 17.5 Å². The molecule has 2 atom stereocenters. The van der Waals surface area contributed by atoms with Crippen LogP contribution in [0.1, 0.15) is 38.2 Å². The molecule has 0 saturated heterocycles. The number of ether oxygens (including phenoxy) is 2. The minimum absolute atomic E-state index is 0.0539. The van der Waals surface area contributed by atoms with Crippen LogP contribution in [0.25, 0.3) is 0 Å². The summed E-state index contributed by atoms with van der Waals surface area (Å²) in [5, 5.41) is 5.41. The molecule has 2 aromatic carbocycles. The highest BCUT2D eigenvalue weighted by atomic mass is 32.2. The van der Waals surface area contributed by atoms with Crippen molar-refractivity contribution in [2.75, 3.05) is 28.5 Å². The van der Waals surface area contributed by atoms with E-state index in [0.29, 0.717) is 17.2 Å². The topological polar surface area (TPSA) is 114 Å². The maximum absolute atomic E-state index is 13.4. The van der Waals surface area contributed by atoms with Gasteiger partial charge in [-0.3, -0.25) is 23.5 Å². The van der Waals surface area contributed by atoms with Crippen molar-refractivity contribution in [3.8, 4) is 11.5 Å². The van der Waals surface area contributed by atoms with E-state index in [4.69, 9.17) is 9.47 Å². The van der Waals surface area contributed by atoms with Crippen molar-refractivity contribution in [1.82, 2.24) is 5.32 Å². The standard InChI is InChI=1S/C26H28F3N3O6S/c1-16(25(35)31-18-6-2-3-7-18)32(20-8-4-5-17(11-20)26(27,28)29)24(34)14-39(36)13-23(33)30-19-9-10-21-22(12-19)38-15-37-21/h4-5,8-12,16,18H,2-3,6-7,13-15H2,1H3,(H,30,33)(H,31,35). The first-order valence-electron chi connectivity index (χ1n) is 12.4. The van der Waals surface area contributed by atoms with E-state index in [1.165, 1.54) is 19.1 Å². The molecule has 210 valence electrons. The Morgan fingerprint density at radius 1 is 1.05 bits per heavy atom. The fourth-order valence-electron chi connectivity index (χ4n) is 4.50. The van der Waals surface area contributed by atoms with Gasteiger partial charge in [-0.25, -0.2) is 0 Å². The number of rotatable bonds is 9. The third-order valence-corrected chi connectivity index (χ3v) is 7.57. The van der Waals surface area contributed by atoms with E-state index >= 15 is 0 Å². The summed E-state index contributed by atoms with van der Waals surface area (Å²) in [6.07, 6.45) is -1.22. The lowest BCUT2D eigenvalue weighted by Crippen LogP contribution is -2.51. The summed E-state index contributed by atoms with van der Waals surface area (Å²) < 4.78 is 63.3. The quantitative estimate of drug-likeness (QED) is 0.479. The summed E-state index contributed by atoms with van der Waals surface area (Å²) in [5.74, 6) is -2.28. The summed E-state index contributed by atoms with van der Waals surface area (Å²) in [7, 11) is -2.02. The zero-order chi connectivity index (χ0) is 28.2. The van der Waals surface area contributed by atoms with Gasteiger partial charge < -0.3 is 20.1 Å². The molecular formula is C26H28F3N3O6S. The second-order valence-corrected chi connectivity index (χ2v) is 10.8. The van der Waals surface area contributed by atoms with Crippen molar-refractivity contribution < 1.29 is 41.2 Å². The molecule has 1 heterocycles. The Labute approximate surface area is 225 Å². The summed E-state index contributed by atoms with van der Waals surface area (Å²) in [5.41, 5.74) is -0.786. The molecule has 1 aliphatic carbocycles. The van der Waals surface area contributed by atoms with Crippen LogP contribution < -0.4 is 25.0 Å². The number of carbonyl (C=O) groups excluding carboxylic acids is 3. The molecule has 2 aliphatic rings. The highest BCUT2D eigenvalue weighted by Gasteiger charge is 2.34. The van der Waals surface area contributed by atoms with Crippen LogP contribution in [0.15, 0.2) is 42.5 Å². The van der Waals surface area contributed by atoms with Crippen molar-refractivity contribution in [3.63, 3.8) is 0 Å². The zero-order valence-electron chi connectivity index (χ0n) is 21.1. The van der Waals surface area contributed by atoms with E-state index in [9.17, 15) is 31.8 Å². The number of carbonyl (C=O) groups is 3. The molecule has 4 rings (SSSR count). The van der Waals surface area contributed by atoms with Gasteiger partial charge in [0.25, 0.3) is 0 Å². The van der Waals surface area contributed by atoms with Crippen LogP contribution in [0.3, 0.4) is 0 Å². The molecule has 0 aromatic heterocycles. The molecule has 0 spiro atoms. The van der Waals surface area contributed by atoms with E-state index in [-0.39, 0.29) is 18.5 Å². The Kier molecular flexibility index (Phi) is 8.78. The van der Waals surface area contributed by atoms with Crippen LogP contribution in [-0.2, 0) is 31.4 Å². The predicted molar refractivity (Wildman–Crippen MR) is 138 cm³/mol. The van der Waals surface area contributed by atoms with E-state index < -0.39 is 57.8 Å². The predicted octanol–water partition coefficient (Wildman–Crippen LogP) is 3.60. The maximum atomic E-state index is 13.4. The van der Waals surface area contributed by atoms with Crippen molar-refractivity contribution in [2.45, 2.75) is 50.9 Å². The molecule has 1 aliphatic heterocycles. The first kappa shape index (κ1) is 28.4. The number of halogens is 3. The van der Waals surface area contributed by atoms with Gasteiger partial charge in [-0.15, -0.1) is 0 Å². The summed E-state index contributed by atoms with van der Waals surface area (Å²) in [6.45, 7) is 1.45. The molecule has 0 radical (unpaired) electrons. The number of alkyl halides is 3. The summed E-state index contributed by atoms with van der Waals surface area (Å²) in [4.78, 5) is 39.6. The Balaban J connectivity index is 1.46. The number of hydrogen-bond acceptors (Lipinski definition) is 6. The van der Waals surface area contributed by atoms with Crippen molar-refractivity contribution >= 4 is 39.9 Å². The number of nitrogens with zero attached hydrogens (tertiary/aromatic N) is 1. The smallest absolute Gasteiger partial charge is 0.416 e. The van der Waals surface area contributed by atoms with Crippen molar-refractivity contribution in [1.29, 1.82) is 0 Å². The van der Waals surface area contributed by atoms with E-state index in [1.54, 1.807) is 12.1 Å². The van der Waals surface area contributed by atoms with E-state index in [1.807, 2.05) is 0 Å². The van der Waals surface area contributed by atoms with Gasteiger partial charge >= 0.3 is 6.18 Å². The monoisotopic (exact) mass is 567 g/mol. The van der Waals surface area contributed by atoms with Gasteiger partial charge in [0.05, 0.1) is 5.56 Å². The Bertz CT molecular complexity index is 1270. The summed E-state index contributed by atoms with van der Waals surface area (Å²) >= 11 is 0. The maximum Gasteiger partial charge on any atom is 0.416 e. The molecule has 39 heavy (non-hydrogen) atoms. The molecule has 0 bridgehead atoms. The third-order valence-electron chi connectivity index (χ3n) is 6.42. The first-order valence-corrected chi connectivity index (χ1v) is 13.8. The van der Waals surface area contributed by atoms with Gasteiger partial charge in [0.15, 0.2) is 11.5 Å². The molecule has 13 heteroatoms. The minimum atomic E-state index is -4.67. The van der Waals surface area contributed by atoms with Crippen LogP contribution in [0.4, 0.5) is 24.5 Å². The zero-order valence-corrected chi connectivity index (χ0v) is 21.9. The van der Waals surface area contributed by atoms with Crippen molar-refractivity contribution in [2.24, 2.45) is 0 Å². The molecular weight excluding hydrogens is 539 g/mol. The highest BCUT2D eigenvalue weighted by Crippen LogP contribution is 2.34. The average molecular weight is 568 g/mol. The highest BCUT2D eigenvalue weighted by molar-refractivity contribution is 7.86. The van der Waals surface area contributed by atoms with Crippen LogP contribution in [-0.4, -0.2) is 52.3 Å². The Morgan fingerprint density at radius 3 is 2.49 bits per heavy atom. The normalized spacial score (nSPS) is 16.4. The lowest BCUT2D eigenvalue weighted by molar-refractivity contribution is -0.137. The molecule has 2 unspecified atom stereocenters. The Hall–Kier alpha value is -3.61. The molecule has 1 saturated carbocycles.